The van der Waals surface area contributed by atoms with Crippen LogP contribution >= 0.6 is 0 Å². The molecule has 2 aromatic heterocycles. The average Bonchev–Trinajstić information content (AvgIpc) is 2.77. The highest BCUT2D eigenvalue weighted by Gasteiger charge is 2.14. The number of nitrogens with one attached hydrogen (secondary N) is 1. The zero-order valence-electron chi connectivity index (χ0n) is 16.3. The number of pyridine rings is 1. The summed E-state index contributed by atoms with van der Waals surface area (Å²) in [4.78, 5) is 34.0. The van der Waals surface area contributed by atoms with E-state index in [1.54, 1.807) is 12.3 Å². The van der Waals surface area contributed by atoms with E-state index in [9.17, 15) is 4.79 Å². The molecule has 1 aromatic carbocycles. The molecule has 3 heterocycles. The first-order valence-corrected chi connectivity index (χ1v) is 9.59. The van der Waals surface area contributed by atoms with Gasteiger partial charge in [0.25, 0.3) is 5.91 Å². The lowest BCUT2D eigenvalue weighted by Gasteiger charge is -2.32. The summed E-state index contributed by atoms with van der Waals surface area (Å²) in [5.41, 5.74) is 2.38. The Morgan fingerprint density at radius 3 is 2.52 bits per heavy atom. The van der Waals surface area contributed by atoms with Crippen molar-refractivity contribution in [2.45, 2.75) is 6.54 Å². The van der Waals surface area contributed by atoms with Gasteiger partial charge in [-0.05, 0) is 36.9 Å². The number of amides is 1. The lowest BCUT2D eigenvalue weighted by atomic mass is 10.1. The van der Waals surface area contributed by atoms with Gasteiger partial charge in [0.15, 0.2) is 5.82 Å². The maximum Gasteiger partial charge on any atom is 0.258 e. The van der Waals surface area contributed by atoms with Crippen molar-refractivity contribution in [3.8, 4) is 11.5 Å². The summed E-state index contributed by atoms with van der Waals surface area (Å²) in [7, 11) is 2.15. The minimum Gasteiger partial charge on any atom is -0.304 e. The molecule has 8 heteroatoms. The Morgan fingerprint density at radius 2 is 1.79 bits per heavy atom. The van der Waals surface area contributed by atoms with Gasteiger partial charge in [-0.2, -0.15) is 4.98 Å². The van der Waals surface area contributed by atoms with Crippen molar-refractivity contribution in [3.05, 3.63) is 66.1 Å². The fraction of sp³-hybridized carbons (Fsp3) is 0.286. The van der Waals surface area contributed by atoms with Crippen molar-refractivity contribution in [2.75, 3.05) is 38.5 Å². The molecule has 1 amide bonds. The quantitative estimate of drug-likeness (QED) is 0.713. The van der Waals surface area contributed by atoms with E-state index in [2.05, 4.69) is 42.1 Å². The third-order valence-electron chi connectivity index (χ3n) is 4.91. The SMILES string of the molecule is CN1CCN(Cc2ccc(C(=O)Nc3ncnc(-c4ccccn4)n3)cc2)CC1. The number of rotatable bonds is 5. The number of carbonyl (C=O) groups is 1. The van der Waals surface area contributed by atoms with Crippen LogP contribution in [0, 0.1) is 0 Å². The summed E-state index contributed by atoms with van der Waals surface area (Å²) >= 11 is 0. The van der Waals surface area contributed by atoms with Crippen LogP contribution in [0.15, 0.2) is 55.0 Å². The standard InChI is InChI=1S/C21H23N7O/c1-27-10-12-28(13-11-27)14-16-5-7-17(8-6-16)20(29)26-21-24-15-23-19(25-21)18-4-2-3-9-22-18/h2-9,15H,10-14H2,1H3,(H,23,24,25,26,29). The van der Waals surface area contributed by atoms with Gasteiger partial charge in [0, 0.05) is 44.5 Å². The van der Waals surface area contributed by atoms with E-state index in [1.807, 2.05) is 36.4 Å². The molecule has 0 aliphatic carbocycles. The van der Waals surface area contributed by atoms with E-state index in [-0.39, 0.29) is 11.9 Å². The first-order valence-electron chi connectivity index (χ1n) is 9.59. The number of benzene rings is 1. The molecule has 3 aromatic rings. The van der Waals surface area contributed by atoms with Crippen LogP contribution in [0.5, 0.6) is 0 Å². The van der Waals surface area contributed by atoms with Gasteiger partial charge in [0.2, 0.25) is 5.95 Å². The Morgan fingerprint density at radius 1 is 1.00 bits per heavy atom. The number of aromatic nitrogens is 4. The summed E-state index contributed by atoms with van der Waals surface area (Å²) < 4.78 is 0. The third kappa shape index (κ3) is 4.98. The number of hydrogen-bond acceptors (Lipinski definition) is 7. The Kier molecular flexibility index (Phi) is 5.83. The van der Waals surface area contributed by atoms with Crippen LogP contribution < -0.4 is 5.32 Å². The molecule has 0 unspecified atom stereocenters. The summed E-state index contributed by atoms with van der Waals surface area (Å²) in [6, 6.07) is 13.2. The van der Waals surface area contributed by atoms with Gasteiger partial charge in [0.1, 0.15) is 12.0 Å². The second-order valence-electron chi connectivity index (χ2n) is 7.08. The van der Waals surface area contributed by atoms with Crippen LogP contribution in [0.25, 0.3) is 11.5 Å². The van der Waals surface area contributed by atoms with Crippen molar-refractivity contribution >= 4 is 11.9 Å². The molecule has 29 heavy (non-hydrogen) atoms. The Labute approximate surface area is 169 Å². The first kappa shape index (κ1) is 19.1. The molecule has 1 N–H and O–H groups in total. The maximum absolute atomic E-state index is 12.6. The van der Waals surface area contributed by atoms with Crippen LogP contribution in [0.3, 0.4) is 0 Å². The fourth-order valence-corrected chi connectivity index (χ4v) is 3.17. The minimum absolute atomic E-state index is 0.201. The molecular weight excluding hydrogens is 366 g/mol. The van der Waals surface area contributed by atoms with Crippen molar-refractivity contribution in [3.63, 3.8) is 0 Å². The van der Waals surface area contributed by atoms with Crippen molar-refractivity contribution in [2.24, 2.45) is 0 Å². The Balaban J connectivity index is 1.39. The second kappa shape index (κ2) is 8.85. The molecular formula is C21H23N7O. The van der Waals surface area contributed by atoms with Gasteiger partial charge in [-0.15, -0.1) is 0 Å². The fourth-order valence-electron chi connectivity index (χ4n) is 3.17. The van der Waals surface area contributed by atoms with Crippen molar-refractivity contribution < 1.29 is 4.79 Å². The third-order valence-corrected chi connectivity index (χ3v) is 4.91. The van der Waals surface area contributed by atoms with Gasteiger partial charge in [-0.3, -0.25) is 20.0 Å². The number of nitrogens with zero attached hydrogens (tertiary/aromatic N) is 6. The molecule has 0 spiro atoms. The van der Waals surface area contributed by atoms with Gasteiger partial charge in [0.05, 0.1) is 0 Å². The van der Waals surface area contributed by atoms with E-state index < -0.39 is 0 Å². The van der Waals surface area contributed by atoms with Crippen molar-refractivity contribution in [1.29, 1.82) is 0 Å². The largest absolute Gasteiger partial charge is 0.304 e. The van der Waals surface area contributed by atoms with E-state index in [0.717, 1.165) is 32.7 Å². The smallest absolute Gasteiger partial charge is 0.258 e. The summed E-state index contributed by atoms with van der Waals surface area (Å²) in [6.45, 7) is 5.21. The summed E-state index contributed by atoms with van der Waals surface area (Å²) in [5.74, 6) is 0.361. The topological polar surface area (TPSA) is 87.1 Å². The Hall–Kier alpha value is -3.23. The highest BCUT2D eigenvalue weighted by atomic mass is 16.1. The van der Waals surface area contributed by atoms with Gasteiger partial charge < -0.3 is 4.90 Å². The lowest BCUT2D eigenvalue weighted by molar-refractivity contribution is 0.102. The first-order chi connectivity index (χ1) is 14.2. The van der Waals surface area contributed by atoms with E-state index in [4.69, 9.17) is 0 Å². The molecule has 4 rings (SSSR count). The lowest BCUT2D eigenvalue weighted by Crippen LogP contribution is -2.43. The van der Waals surface area contributed by atoms with E-state index >= 15 is 0 Å². The maximum atomic E-state index is 12.6. The van der Waals surface area contributed by atoms with Gasteiger partial charge >= 0.3 is 0 Å². The second-order valence-corrected chi connectivity index (χ2v) is 7.08. The van der Waals surface area contributed by atoms with Gasteiger partial charge in [-0.25, -0.2) is 9.97 Å². The molecule has 0 radical (unpaired) electrons. The normalized spacial score (nSPS) is 15.2. The molecule has 0 bridgehead atoms. The molecule has 1 aliphatic heterocycles. The predicted molar refractivity (Wildman–Crippen MR) is 110 cm³/mol. The van der Waals surface area contributed by atoms with Crippen LogP contribution in [0.2, 0.25) is 0 Å². The highest BCUT2D eigenvalue weighted by molar-refractivity contribution is 6.03. The van der Waals surface area contributed by atoms with Crippen molar-refractivity contribution in [1.82, 2.24) is 29.7 Å². The molecule has 0 saturated carbocycles. The molecule has 8 nitrogen and oxygen atoms in total. The Bertz CT molecular complexity index is 954. The number of hydrogen-bond donors (Lipinski definition) is 1. The predicted octanol–water partition coefficient (Wildman–Crippen LogP) is 1.93. The molecule has 148 valence electrons. The van der Waals surface area contributed by atoms with E-state index in [1.165, 1.54) is 11.9 Å². The minimum atomic E-state index is -0.255. The number of likely N-dealkylation sites (N-methyl/N-ethyl adjacent to an activating group) is 1. The number of piperazine rings is 1. The van der Waals surface area contributed by atoms with Crippen LogP contribution in [-0.4, -0.2) is 68.9 Å². The monoisotopic (exact) mass is 389 g/mol. The molecule has 0 atom stereocenters. The van der Waals surface area contributed by atoms with Crippen LogP contribution in [0.4, 0.5) is 5.95 Å². The number of anilines is 1. The van der Waals surface area contributed by atoms with Crippen LogP contribution in [0.1, 0.15) is 15.9 Å². The molecule has 1 aliphatic rings. The van der Waals surface area contributed by atoms with Crippen LogP contribution in [-0.2, 0) is 6.54 Å². The zero-order valence-corrected chi connectivity index (χ0v) is 16.3. The molecule has 1 saturated heterocycles. The highest BCUT2D eigenvalue weighted by Crippen LogP contribution is 2.13. The molecule has 1 fully saturated rings. The zero-order chi connectivity index (χ0) is 20.1. The number of carbonyl (C=O) groups excluding carboxylic acids is 1. The van der Waals surface area contributed by atoms with Gasteiger partial charge in [-0.1, -0.05) is 18.2 Å². The average molecular weight is 389 g/mol. The van der Waals surface area contributed by atoms with E-state index in [0.29, 0.717) is 17.1 Å². The summed E-state index contributed by atoms with van der Waals surface area (Å²) in [5, 5.41) is 2.73. The summed E-state index contributed by atoms with van der Waals surface area (Å²) in [6.07, 6.45) is 3.03.